The number of morpholine rings is 1. The van der Waals surface area contributed by atoms with Crippen molar-refractivity contribution in [3.8, 4) is 0 Å². The summed E-state index contributed by atoms with van der Waals surface area (Å²) < 4.78 is 33.7. The number of ether oxygens (including phenoxy) is 1. The minimum atomic E-state index is -2.72. The van der Waals surface area contributed by atoms with E-state index < -0.39 is 29.6 Å². The average Bonchev–Trinajstić information content (AvgIpc) is 2.68. The lowest BCUT2D eigenvalue weighted by Gasteiger charge is -2.42. The molecule has 5 nitrogen and oxygen atoms in total. The fourth-order valence-electron chi connectivity index (χ4n) is 2.13. The molecule has 2 rings (SSSR count). The second kappa shape index (κ2) is 5.42. The van der Waals surface area contributed by atoms with E-state index in [4.69, 9.17) is 16.3 Å². The van der Waals surface area contributed by atoms with Crippen molar-refractivity contribution >= 4 is 29.0 Å². The fraction of sp³-hybridized carbons (Fsp3) is 0.636. The van der Waals surface area contributed by atoms with Crippen molar-refractivity contribution < 1.29 is 18.3 Å². The zero-order chi connectivity index (χ0) is 15.1. The summed E-state index contributed by atoms with van der Waals surface area (Å²) >= 11 is 6.53. The molecule has 0 aliphatic carbocycles. The molecule has 1 aliphatic heterocycles. The molecule has 2 unspecified atom stereocenters. The second-order valence-corrected chi connectivity index (χ2v) is 6.10. The molecule has 0 saturated carbocycles. The molecule has 20 heavy (non-hydrogen) atoms. The Kier molecular flexibility index (Phi) is 4.17. The molecule has 1 aliphatic rings. The summed E-state index contributed by atoms with van der Waals surface area (Å²) in [4.78, 5) is 24.8. The van der Waals surface area contributed by atoms with Gasteiger partial charge in [0.2, 0.25) is 0 Å². The first kappa shape index (κ1) is 15.4. The molecule has 0 aromatic carbocycles. The molecule has 1 aromatic heterocycles. The van der Waals surface area contributed by atoms with Gasteiger partial charge in [0.25, 0.3) is 17.9 Å². The molecule has 112 valence electrons. The molecule has 9 heteroatoms. The Balaban J connectivity index is 2.26. The van der Waals surface area contributed by atoms with Gasteiger partial charge in [0.15, 0.2) is 0 Å². The number of aromatic amines is 1. The molecule has 1 fully saturated rings. The Labute approximate surface area is 122 Å². The Morgan fingerprint density at radius 2 is 2.30 bits per heavy atom. The van der Waals surface area contributed by atoms with Gasteiger partial charge in [-0.2, -0.15) is 0 Å². The van der Waals surface area contributed by atoms with E-state index in [9.17, 15) is 18.4 Å². The van der Waals surface area contributed by atoms with E-state index in [1.54, 1.807) is 6.92 Å². The van der Waals surface area contributed by atoms with Gasteiger partial charge in [0, 0.05) is 6.54 Å². The van der Waals surface area contributed by atoms with Crippen LogP contribution in [-0.2, 0) is 4.74 Å². The molecule has 0 radical (unpaired) electrons. The van der Waals surface area contributed by atoms with Gasteiger partial charge in [0.1, 0.15) is 15.5 Å². The molecule has 1 saturated heterocycles. The van der Waals surface area contributed by atoms with Crippen LogP contribution in [0.3, 0.4) is 0 Å². The molecule has 2 heterocycles. The van der Waals surface area contributed by atoms with Crippen LogP contribution in [0.5, 0.6) is 0 Å². The van der Waals surface area contributed by atoms with Crippen LogP contribution >= 0.6 is 23.1 Å². The van der Waals surface area contributed by atoms with Gasteiger partial charge in [-0.05, 0) is 13.8 Å². The fourth-order valence-corrected chi connectivity index (χ4v) is 3.13. The molecule has 1 aromatic rings. The summed E-state index contributed by atoms with van der Waals surface area (Å²) in [6.45, 7) is 2.79. The number of aromatic nitrogens is 1. The third-order valence-corrected chi connectivity index (χ3v) is 4.38. The van der Waals surface area contributed by atoms with Crippen molar-refractivity contribution in [3.63, 3.8) is 0 Å². The molecule has 1 N–H and O–H groups in total. The van der Waals surface area contributed by atoms with E-state index >= 15 is 0 Å². The Morgan fingerprint density at radius 3 is 2.80 bits per heavy atom. The van der Waals surface area contributed by atoms with E-state index in [0.717, 1.165) is 11.5 Å². The number of alkyl halides is 2. The van der Waals surface area contributed by atoms with Gasteiger partial charge in [-0.25, -0.2) is 8.78 Å². The number of nitrogens with one attached hydrogen (secondary N) is 1. The number of carbonyl (C=O) groups excluding carboxylic acids is 1. The minimum Gasteiger partial charge on any atom is -0.363 e. The van der Waals surface area contributed by atoms with Gasteiger partial charge in [-0.1, -0.05) is 23.1 Å². The summed E-state index contributed by atoms with van der Waals surface area (Å²) in [6, 6.07) is 0. The number of nitrogens with zero attached hydrogens (tertiary/aromatic N) is 1. The first-order valence-electron chi connectivity index (χ1n) is 5.87. The topological polar surface area (TPSA) is 62.4 Å². The van der Waals surface area contributed by atoms with Crippen LogP contribution in [0.2, 0.25) is 5.02 Å². The number of amides is 1. The Morgan fingerprint density at radius 1 is 1.65 bits per heavy atom. The SMILES string of the molecule is CC1CN(C(=O)c2s[nH]c(=O)c2Cl)CC(C)(C(F)F)O1. The lowest BCUT2D eigenvalue weighted by atomic mass is 10.0. The highest BCUT2D eigenvalue weighted by Gasteiger charge is 2.45. The van der Waals surface area contributed by atoms with Crippen LogP contribution in [-0.4, -0.2) is 46.4 Å². The van der Waals surface area contributed by atoms with Crippen LogP contribution in [0.15, 0.2) is 4.79 Å². The highest BCUT2D eigenvalue weighted by atomic mass is 35.5. The van der Waals surface area contributed by atoms with Crippen molar-refractivity contribution in [2.75, 3.05) is 13.1 Å². The number of H-pyrrole nitrogens is 1. The lowest BCUT2D eigenvalue weighted by Crippen LogP contribution is -2.58. The van der Waals surface area contributed by atoms with Crippen LogP contribution in [0.1, 0.15) is 23.5 Å². The number of hydrogen-bond acceptors (Lipinski definition) is 4. The standard InChI is InChI=1S/C11H13ClF2N2O3S/c1-5-3-16(4-11(2,19-5)10(13)14)9(18)7-6(12)8(17)15-20-7/h5,10H,3-4H2,1-2H3,(H,15,17). The normalized spacial score (nSPS) is 27.1. The van der Waals surface area contributed by atoms with E-state index in [1.807, 2.05) is 0 Å². The first-order chi connectivity index (χ1) is 9.24. The maximum Gasteiger partial charge on any atom is 0.277 e. The van der Waals surface area contributed by atoms with Gasteiger partial charge in [-0.3, -0.25) is 14.0 Å². The maximum atomic E-state index is 13.1. The predicted molar refractivity (Wildman–Crippen MR) is 70.8 cm³/mol. The number of halogens is 3. The summed E-state index contributed by atoms with van der Waals surface area (Å²) in [6.07, 6.45) is -3.25. The Hall–Kier alpha value is -0.990. The van der Waals surface area contributed by atoms with Crippen molar-refractivity contribution in [1.29, 1.82) is 0 Å². The molecule has 0 spiro atoms. The molecular formula is C11H13ClF2N2O3S. The van der Waals surface area contributed by atoms with E-state index in [-0.39, 0.29) is 23.0 Å². The molecule has 0 bridgehead atoms. The maximum absolute atomic E-state index is 13.1. The highest BCUT2D eigenvalue weighted by Crippen LogP contribution is 2.29. The molecular weight excluding hydrogens is 314 g/mol. The monoisotopic (exact) mass is 326 g/mol. The highest BCUT2D eigenvalue weighted by molar-refractivity contribution is 7.08. The third-order valence-electron chi connectivity index (χ3n) is 3.04. The zero-order valence-electron chi connectivity index (χ0n) is 10.8. The van der Waals surface area contributed by atoms with Crippen LogP contribution in [0.4, 0.5) is 8.78 Å². The summed E-state index contributed by atoms with van der Waals surface area (Å²) in [5, 5.41) is -0.210. The van der Waals surface area contributed by atoms with Crippen LogP contribution < -0.4 is 5.56 Å². The van der Waals surface area contributed by atoms with E-state index in [0.29, 0.717) is 0 Å². The van der Waals surface area contributed by atoms with Crippen LogP contribution in [0, 0.1) is 0 Å². The summed E-state index contributed by atoms with van der Waals surface area (Å²) in [7, 11) is 0. The van der Waals surface area contributed by atoms with Crippen LogP contribution in [0.25, 0.3) is 0 Å². The van der Waals surface area contributed by atoms with Gasteiger partial charge >= 0.3 is 0 Å². The number of hydrogen-bond donors (Lipinski definition) is 1. The largest absolute Gasteiger partial charge is 0.363 e. The lowest BCUT2D eigenvalue weighted by molar-refractivity contribution is -0.191. The van der Waals surface area contributed by atoms with Crippen molar-refractivity contribution in [1.82, 2.24) is 9.27 Å². The number of carbonyl (C=O) groups is 1. The van der Waals surface area contributed by atoms with E-state index in [2.05, 4.69) is 4.37 Å². The van der Waals surface area contributed by atoms with Crippen molar-refractivity contribution in [2.45, 2.75) is 32.0 Å². The van der Waals surface area contributed by atoms with E-state index in [1.165, 1.54) is 11.8 Å². The zero-order valence-corrected chi connectivity index (χ0v) is 12.4. The number of rotatable bonds is 2. The van der Waals surface area contributed by atoms with Gasteiger partial charge in [-0.15, -0.1) is 0 Å². The summed E-state index contributed by atoms with van der Waals surface area (Å²) in [5.74, 6) is -0.541. The molecule has 1 amide bonds. The smallest absolute Gasteiger partial charge is 0.277 e. The summed E-state index contributed by atoms with van der Waals surface area (Å²) in [5.41, 5.74) is -2.28. The predicted octanol–water partition coefficient (Wildman–Crippen LogP) is 1.97. The quantitative estimate of drug-likeness (QED) is 0.904. The van der Waals surface area contributed by atoms with Crippen molar-refractivity contribution in [3.05, 3.63) is 20.3 Å². The first-order valence-corrected chi connectivity index (χ1v) is 7.06. The van der Waals surface area contributed by atoms with Gasteiger partial charge in [0.05, 0.1) is 12.6 Å². The average molecular weight is 327 g/mol. The van der Waals surface area contributed by atoms with Gasteiger partial charge < -0.3 is 9.64 Å². The minimum absolute atomic E-state index is 0.0300. The third kappa shape index (κ3) is 2.72. The van der Waals surface area contributed by atoms with Crippen molar-refractivity contribution in [2.24, 2.45) is 0 Å². The Bertz CT molecular complexity index is 576. The molecule has 2 atom stereocenters. The second-order valence-electron chi connectivity index (χ2n) is 4.90.